The quantitative estimate of drug-likeness (QED) is 0.445. The van der Waals surface area contributed by atoms with Crippen LogP contribution in [0.4, 0.5) is 0 Å². The van der Waals surface area contributed by atoms with Crippen LogP contribution in [0.25, 0.3) is 0 Å². The molecule has 1 unspecified atom stereocenters. The molecule has 0 bridgehead atoms. The van der Waals surface area contributed by atoms with Gasteiger partial charge in [0.25, 0.3) is 5.91 Å². The van der Waals surface area contributed by atoms with Crippen LogP contribution in [0.2, 0.25) is 15.1 Å². The van der Waals surface area contributed by atoms with E-state index in [4.69, 9.17) is 39.5 Å². The maximum Gasteiger partial charge on any atom is 0.261 e. The number of hydrogen-bond donors (Lipinski definition) is 1. The van der Waals surface area contributed by atoms with Gasteiger partial charge in [-0.1, -0.05) is 63.7 Å². The molecule has 30 heavy (non-hydrogen) atoms. The molecule has 0 fully saturated rings. The fraction of sp³-hybridized carbons (Fsp3) is 0.333. The number of ether oxygens (including phenoxy) is 1. The molecule has 0 spiro atoms. The van der Waals surface area contributed by atoms with Gasteiger partial charge in [0.1, 0.15) is 11.8 Å². The van der Waals surface area contributed by atoms with Crippen LogP contribution in [0.5, 0.6) is 5.75 Å². The van der Waals surface area contributed by atoms with Crippen molar-refractivity contribution in [1.82, 2.24) is 10.2 Å². The van der Waals surface area contributed by atoms with E-state index in [1.165, 1.54) is 4.90 Å². The number of hydrogen-bond acceptors (Lipinski definition) is 3. The Kier molecular flexibility index (Phi) is 9.75. The number of amides is 2. The topological polar surface area (TPSA) is 58.6 Å². The van der Waals surface area contributed by atoms with Crippen molar-refractivity contribution < 1.29 is 14.3 Å². The molecular formula is C21H22BrCl3N2O3. The van der Waals surface area contributed by atoms with Gasteiger partial charge in [-0.05, 0) is 49.2 Å². The number of nitrogens with zero attached hydrogens (tertiary/aromatic N) is 1. The van der Waals surface area contributed by atoms with Crippen LogP contribution in [-0.2, 0) is 16.1 Å². The van der Waals surface area contributed by atoms with E-state index in [-0.39, 0.29) is 25.0 Å². The van der Waals surface area contributed by atoms with Gasteiger partial charge in [-0.3, -0.25) is 9.59 Å². The molecule has 0 aliphatic rings. The SMILES string of the molecule is CCNC(=O)C(CC)N(Cc1ccc(Cl)c(Cl)c1)C(=O)COc1ccc(Br)cc1Cl. The zero-order chi connectivity index (χ0) is 22.3. The van der Waals surface area contributed by atoms with Crippen LogP contribution >= 0.6 is 50.7 Å². The van der Waals surface area contributed by atoms with E-state index in [2.05, 4.69) is 21.2 Å². The van der Waals surface area contributed by atoms with E-state index in [0.29, 0.717) is 33.8 Å². The molecule has 1 atom stereocenters. The van der Waals surface area contributed by atoms with E-state index in [0.717, 1.165) is 10.0 Å². The highest BCUT2D eigenvalue weighted by molar-refractivity contribution is 9.10. The Bertz CT molecular complexity index is 911. The smallest absolute Gasteiger partial charge is 0.261 e. The lowest BCUT2D eigenvalue weighted by Crippen LogP contribution is -2.50. The van der Waals surface area contributed by atoms with Gasteiger partial charge in [0.15, 0.2) is 6.61 Å². The first kappa shape index (κ1) is 24.8. The molecule has 0 aromatic heterocycles. The first-order valence-electron chi connectivity index (χ1n) is 9.35. The van der Waals surface area contributed by atoms with E-state index in [9.17, 15) is 9.59 Å². The first-order valence-corrected chi connectivity index (χ1v) is 11.3. The summed E-state index contributed by atoms with van der Waals surface area (Å²) in [7, 11) is 0. The van der Waals surface area contributed by atoms with Crippen LogP contribution in [0.3, 0.4) is 0 Å². The molecule has 2 aromatic carbocycles. The number of carbonyl (C=O) groups excluding carboxylic acids is 2. The second-order valence-electron chi connectivity index (χ2n) is 6.45. The van der Waals surface area contributed by atoms with Gasteiger partial charge >= 0.3 is 0 Å². The van der Waals surface area contributed by atoms with Crippen molar-refractivity contribution in [3.05, 3.63) is 61.5 Å². The van der Waals surface area contributed by atoms with Crippen molar-refractivity contribution in [2.24, 2.45) is 0 Å². The number of rotatable bonds is 9. The molecule has 5 nitrogen and oxygen atoms in total. The first-order chi connectivity index (χ1) is 14.3. The predicted octanol–water partition coefficient (Wildman–Crippen LogP) is 5.73. The van der Waals surface area contributed by atoms with Gasteiger partial charge in [-0.25, -0.2) is 0 Å². The van der Waals surface area contributed by atoms with Gasteiger partial charge in [-0.15, -0.1) is 0 Å². The number of halogens is 4. The summed E-state index contributed by atoms with van der Waals surface area (Å²) in [4.78, 5) is 27.1. The largest absolute Gasteiger partial charge is 0.482 e. The van der Waals surface area contributed by atoms with Crippen LogP contribution < -0.4 is 10.1 Å². The summed E-state index contributed by atoms with van der Waals surface area (Å²) in [6, 6.07) is 9.57. The second kappa shape index (κ2) is 11.8. The Balaban J connectivity index is 2.24. The minimum Gasteiger partial charge on any atom is -0.482 e. The maximum absolute atomic E-state index is 13.1. The van der Waals surface area contributed by atoms with Crippen molar-refractivity contribution in [1.29, 1.82) is 0 Å². The molecule has 1 N–H and O–H groups in total. The lowest BCUT2D eigenvalue weighted by Gasteiger charge is -2.30. The van der Waals surface area contributed by atoms with Gasteiger partial charge in [-0.2, -0.15) is 0 Å². The zero-order valence-corrected chi connectivity index (χ0v) is 20.4. The van der Waals surface area contributed by atoms with Crippen LogP contribution in [0, 0.1) is 0 Å². The Morgan fingerprint density at radius 1 is 1.07 bits per heavy atom. The molecule has 0 aliphatic heterocycles. The summed E-state index contributed by atoms with van der Waals surface area (Å²) >= 11 is 21.6. The van der Waals surface area contributed by atoms with Gasteiger partial charge in [0, 0.05) is 17.6 Å². The lowest BCUT2D eigenvalue weighted by atomic mass is 10.1. The Morgan fingerprint density at radius 2 is 1.80 bits per heavy atom. The minimum absolute atomic E-state index is 0.183. The number of benzene rings is 2. The van der Waals surface area contributed by atoms with Crippen molar-refractivity contribution in [3.8, 4) is 5.75 Å². The predicted molar refractivity (Wildman–Crippen MR) is 124 cm³/mol. The number of nitrogens with one attached hydrogen (secondary N) is 1. The molecule has 0 saturated heterocycles. The standard InChI is InChI=1S/C21H22BrCl3N2O3/c1-3-18(21(29)26-4-2)27(11-13-5-7-15(23)16(24)9-13)20(28)12-30-19-8-6-14(22)10-17(19)25/h5-10,18H,3-4,11-12H2,1-2H3,(H,26,29). The molecular weight excluding hydrogens is 515 g/mol. The highest BCUT2D eigenvalue weighted by atomic mass is 79.9. The molecule has 2 amide bonds. The number of likely N-dealkylation sites (N-methyl/N-ethyl adjacent to an activating group) is 1. The summed E-state index contributed by atoms with van der Waals surface area (Å²) in [5.74, 6) is -0.193. The Hall–Kier alpha value is -1.47. The average Bonchev–Trinajstić information content (AvgIpc) is 2.70. The Labute approximate surface area is 199 Å². The molecule has 162 valence electrons. The molecule has 0 aliphatic carbocycles. The van der Waals surface area contributed by atoms with Crippen LogP contribution in [0.15, 0.2) is 40.9 Å². The molecule has 9 heteroatoms. The lowest BCUT2D eigenvalue weighted by molar-refractivity contribution is -0.142. The van der Waals surface area contributed by atoms with E-state index >= 15 is 0 Å². The second-order valence-corrected chi connectivity index (χ2v) is 8.59. The third kappa shape index (κ3) is 6.77. The summed E-state index contributed by atoms with van der Waals surface area (Å²) in [5.41, 5.74) is 0.752. The van der Waals surface area contributed by atoms with Gasteiger partial charge in [0.05, 0.1) is 15.1 Å². The maximum atomic E-state index is 13.1. The fourth-order valence-electron chi connectivity index (χ4n) is 2.86. The molecule has 0 heterocycles. The summed E-state index contributed by atoms with van der Waals surface area (Å²) in [6.45, 7) is 4.06. The molecule has 0 saturated carbocycles. The third-order valence-corrected chi connectivity index (χ3v) is 5.85. The van der Waals surface area contributed by atoms with Crippen LogP contribution in [0.1, 0.15) is 25.8 Å². The van der Waals surface area contributed by atoms with E-state index in [1.807, 2.05) is 13.8 Å². The van der Waals surface area contributed by atoms with Gasteiger partial charge < -0.3 is 15.0 Å². The highest BCUT2D eigenvalue weighted by Gasteiger charge is 2.29. The van der Waals surface area contributed by atoms with E-state index in [1.54, 1.807) is 36.4 Å². The minimum atomic E-state index is -0.657. The molecule has 2 aromatic rings. The van der Waals surface area contributed by atoms with Crippen molar-refractivity contribution >= 4 is 62.5 Å². The average molecular weight is 537 g/mol. The fourth-order valence-corrected chi connectivity index (χ4v) is 3.91. The highest BCUT2D eigenvalue weighted by Crippen LogP contribution is 2.28. The van der Waals surface area contributed by atoms with Crippen molar-refractivity contribution in [3.63, 3.8) is 0 Å². The van der Waals surface area contributed by atoms with Crippen molar-refractivity contribution in [2.45, 2.75) is 32.9 Å². The summed E-state index contributed by atoms with van der Waals surface area (Å²) in [5, 5.41) is 3.96. The van der Waals surface area contributed by atoms with Gasteiger partial charge in [0.2, 0.25) is 5.91 Å². The molecule has 2 rings (SSSR count). The third-order valence-electron chi connectivity index (χ3n) is 4.32. The normalized spacial score (nSPS) is 11.7. The number of carbonyl (C=O) groups is 2. The summed E-state index contributed by atoms with van der Waals surface area (Å²) in [6.07, 6.45) is 0.442. The van der Waals surface area contributed by atoms with Crippen molar-refractivity contribution in [2.75, 3.05) is 13.2 Å². The van der Waals surface area contributed by atoms with E-state index < -0.39 is 6.04 Å². The zero-order valence-electron chi connectivity index (χ0n) is 16.6. The Morgan fingerprint density at radius 3 is 2.40 bits per heavy atom. The molecule has 0 radical (unpaired) electrons. The summed E-state index contributed by atoms with van der Waals surface area (Å²) < 4.78 is 6.43. The van der Waals surface area contributed by atoms with Crippen LogP contribution in [-0.4, -0.2) is 35.9 Å². The monoisotopic (exact) mass is 534 g/mol.